The molecule has 0 bridgehead atoms. The molecule has 0 fully saturated rings. The third-order valence-electron chi connectivity index (χ3n) is 4.23. The summed E-state index contributed by atoms with van der Waals surface area (Å²) in [6, 6.07) is 7.65. The molecule has 0 saturated heterocycles. The van der Waals surface area contributed by atoms with E-state index in [1.54, 1.807) is 13.8 Å². The highest BCUT2D eigenvalue weighted by Crippen LogP contribution is 2.30. The molecule has 2 amide bonds. The van der Waals surface area contributed by atoms with Crippen molar-refractivity contribution in [2.24, 2.45) is 0 Å². The lowest BCUT2D eigenvalue weighted by Crippen LogP contribution is -2.37. The van der Waals surface area contributed by atoms with Crippen molar-refractivity contribution in [2.75, 3.05) is 5.32 Å². The summed E-state index contributed by atoms with van der Waals surface area (Å²) in [4.78, 5) is 24.2. The lowest BCUT2D eigenvalue weighted by molar-refractivity contribution is -0.274. The molecule has 158 valence electrons. The van der Waals surface area contributed by atoms with Gasteiger partial charge in [0, 0.05) is 16.6 Å². The molecule has 0 aliphatic rings. The van der Waals surface area contributed by atoms with E-state index in [-0.39, 0.29) is 5.69 Å². The van der Waals surface area contributed by atoms with E-state index >= 15 is 0 Å². The summed E-state index contributed by atoms with van der Waals surface area (Å²) in [5.74, 6) is -2.53. The Balaban J connectivity index is 1.64. The minimum absolute atomic E-state index is 0.104. The average molecular weight is 424 g/mol. The Morgan fingerprint density at radius 3 is 2.37 bits per heavy atom. The Morgan fingerprint density at radius 2 is 1.73 bits per heavy atom. The zero-order valence-electron chi connectivity index (χ0n) is 15.8. The van der Waals surface area contributed by atoms with E-state index in [9.17, 15) is 27.2 Å². The quantitative estimate of drug-likeness (QED) is 0.474. The molecule has 0 radical (unpaired) electrons. The molecule has 2 aromatic carbocycles. The number of ether oxygens (including phenoxy) is 1. The zero-order chi connectivity index (χ0) is 22.1. The maximum absolute atomic E-state index is 13.4. The number of hydrogen-bond donors (Lipinski definition) is 2. The summed E-state index contributed by atoms with van der Waals surface area (Å²) >= 11 is 0. The van der Waals surface area contributed by atoms with Gasteiger partial charge < -0.3 is 19.8 Å². The number of hydrogen-bond acceptors (Lipinski definition) is 4. The van der Waals surface area contributed by atoms with Crippen molar-refractivity contribution < 1.29 is 36.3 Å². The SMILES string of the molecule is Cc1c(C(C)NC(=O)C(=O)Nc2ccc(OC(F)(F)F)cc2)oc2ccc(F)cc12. The number of furan rings is 1. The molecular weight excluding hydrogens is 408 g/mol. The van der Waals surface area contributed by atoms with Crippen LogP contribution in [0.2, 0.25) is 0 Å². The van der Waals surface area contributed by atoms with Crippen molar-refractivity contribution in [3.63, 3.8) is 0 Å². The second kappa shape index (κ2) is 8.05. The highest BCUT2D eigenvalue weighted by atomic mass is 19.4. The number of amides is 2. The molecule has 30 heavy (non-hydrogen) atoms. The standard InChI is InChI=1S/C20H16F4N2O4/c1-10-15-9-12(21)3-8-16(15)29-17(10)11(2)25-18(27)19(28)26-13-4-6-14(7-5-13)30-20(22,23)24/h3-9,11H,1-2H3,(H,25,27)(H,26,28). The molecule has 1 heterocycles. The maximum atomic E-state index is 13.4. The van der Waals surface area contributed by atoms with Gasteiger partial charge in [0.05, 0.1) is 6.04 Å². The molecule has 0 aliphatic carbocycles. The first-order valence-corrected chi connectivity index (χ1v) is 8.69. The van der Waals surface area contributed by atoms with Crippen LogP contribution in [0.3, 0.4) is 0 Å². The number of aryl methyl sites for hydroxylation is 1. The fraction of sp³-hybridized carbons (Fsp3) is 0.200. The summed E-state index contributed by atoms with van der Waals surface area (Å²) < 4.78 is 59.3. The topological polar surface area (TPSA) is 80.6 Å². The smallest absolute Gasteiger partial charge is 0.459 e. The van der Waals surface area contributed by atoms with E-state index in [0.29, 0.717) is 22.3 Å². The van der Waals surface area contributed by atoms with Gasteiger partial charge in [-0.15, -0.1) is 13.2 Å². The van der Waals surface area contributed by atoms with Gasteiger partial charge in [0.15, 0.2) is 0 Å². The molecular formula is C20H16F4N2O4. The van der Waals surface area contributed by atoms with Crippen LogP contribution in [0.15, 0.2) is 46.9 Å². The first-order valence-electron chi connectivity index (χ1n) is 8.69. The summed E-state index contributed by atoms with van der Waals surface area (Å²) in [7, 11) is 0. The van der Waals surface area contributed by atoms with E-state index in [4.69, 9.17) is 4.42 Å². The second-order valence-electron chi connectivity index (χ2n) is 6.45. The van der Waals surface area contributed by atoms with Crippen LogP contribution in [0.1, 0.15) is 24.3 Å². The van der Waals surface area contributed by atoms with E-state index in [1.165, 1.54) is 18.2 Å². The van der Waals surface area contributed by atoms with Crippen molar-refractivity contribution in [3.8, 4) is 5.75 Å². The van der Waals surface area contributed by atoms with Gasteiger partial charge >= 0.3 is 18.2 Å². The van der Waals surface area contributed by atoms with Gasteiger partial charge in [0.1, 0.15) is 22.9 Å². The largest absolute Gasteiger partial charge is 0.573 e. The van der Waals surface area contributed by atoms with E-state index in [2.05, 4.69) is 15.4 Å². The Labute approximate surface area is 167 Å². The highest BCUT2D eigenvalue weighted by Gasteiger charge is 2.31. The number of anilines is 1. The molecule has 1 aromatic heterocycles. The van der Waals surface area contributed by atoms with Crippen LogP contribution in [0.4, 0.5) is 23.2 Å². The first kappa shape index (κ1) is 21.2. The first-order chi connectivity index (χ1) is 14.0. The van der Waals surface area contributed by atoms with Crippen LogP contribution in [0, 0.1) is 12.7 Å². The molecule has 0 spiro atoms. The molecule has 3 rings (SSSR count). The van der Waals surface area contributed by atoms with Gasteiger partial charge in [-0.05, 0) is 56.3 Å². The van der Waals surface area contributed by atoms with Gasteiger partial charge in [0.25, 0.3) is 0 Å². The third kappa shape index (κ3) is 4.88. The van der Waals surface area contributed by atoms with Gasteiger partial charge in [-0.3, -0.25) is 9.59 Å². The van der Waals surface area contributed by atoms with Crippen molar-refractivity contribution in [2.45, 2.75) is 26.3 Å². The van der Waals surface area contributed by atoms with E-state index < -0.39 is 35.8 Å². The lowest BCUT2D eigenvalue weighted by atomic mass is 10.1. The van der Waals surface area contributed by atoms with Crippen molar-refractivity contribution >= 4 is 28.5 Å². The highest BCUT2D eigenvalue weighted by molar-refractivity contribution is 6.39. The number of alkyl halides is 3. The number of carbonyl (C=O) groups is 2. The van der Waals surface area contributed by atoms with E-state index in [0.717, 1.165) is 24.3 Å². The number of halogens is 4. The average Bonchev–Trinajstić information content (AvgIpc) is 2.98. The Morgan fingerprint density at radius 1 is 1.07 bits per heavy atom. The molecule has 1 unspecified atom stereocenters. The number of fused-ring (bicyclic) bond motifs is 1. The van der Waals surface area contributed by atoms with Crippen LogP contribution in [0.25, 0.3) is 11.0 Å². The molecule has 0 saturated carbocycles. The lowest BCUT2D eigenvalue weighted by Gasteiger charge is -2.13. The summed E-state index contributed by atoms with van der Waals surface area (Å²) in [5, 5.41) is 5.28. The fourth-order valence-electron chi connectivity index (χ4n) is 2.88. The van der Waals surface area contributed by atoms with Crippen LogP contribution >= 0.6 is 0 Å². The molecule has 0 aliphatic heterocycles. The van der Waals surface area contributed by atoms with Crippen LogP contribution in [-0.4, -0.2) is 18.2 Å². The predicted octanol–water partition coefficient (Wildman–Crippen LogP) is 4.59. The van der Waals surface area contributed by atoms with Gasteiger partial charge in [-0.2, -0.15) is 0 Å². The van der Waals surface area contributed by atoms with Crippen LogP contribution in [-0.2, 0) is 9.59 Å². The molecule has 6 nitrogen and oxygen atoms in total. The second-order valence-corrected chi connectivity index (χ2v) is 6.45. The van der Waals surface area contributed by atoms with Crippen molar-refractivity contribution in [1.82, 2.24) is 5.32 Å². The molecule has 1 atom stereocenters. The number of nitrogens with one attached hydrogen (secondary N) is 2. The minimum Gasteiger partial charge on any atom is -0.459 e. The number of rotatable bonds is 4. The monoisotopic (exact) mass is 424 g/mol. The summed E-state index contributed by atoms with van der Waals surface area (Å²) in [6.45, 7) is 3.30. The zero-order valence-corrected chi connectivity index (χ0v) is 15.8. The number of benzene rings is 2. The van der Waals surface area contributed by atoms with E-state index in [1.807, 2.05) is 0 Å². The van der Waals surface area contributed by atoms with Crippen molar-refractivity contribution in [3.05, 3.63) is 59.6 Å². The molecule has 3 aromatic rings. The fourth-order valence-corrected chi connectivity index (χ4v) is 2.88. The Kier molecular flexibility index (Phi) is 5.68. The van der Waals surface area contributed by atoms with Crippen LogP contribution < -0.4 is 15.4 Å². The van der Waals surface area contributed by atoms with Crippen molar-refractivity contribution in [1.29, 1.82) is 0 Å². The number of carbonyl (C=O) groups excluding carboxylic acids is 2. The van der Waals surface area contributed by atoms with Gasteiger partial charge in [-0.25, -0.2) is 4.39 Å². The van der Waals surface area contributed by atoms with Crippen LogP contribution in [0.5, 0.6) is 5.75 Å². The predicted molar refractivity (Wildman–Crippen MR) is 99.2 cm³/mol. The minimum atomic E-state index is -4.83. The maximum Gasteiger partial charge on any atom is 0.573 e. The molecule has 2 N–H and O–H groups in total. The summed E-state index contributed by atoms with van der Waals surface area (Å²) in [5.41, 5.74) is 1.17. The molecule has 10 heteroatoms. The Hall–Kier alpha value is -3.56. The Bertz CT molecular complexity index is 1090. The van der Waals surface area contributed by atoms with Gasteiger partial charge in [-0.1, -0.05) is 0 Å². The normalized spacial score (nSPS) is 12.5. The third-order valence-corrected chi connectivity index (χ3v) is 4.23. The van der Waals surface area contributed by atoms with Gasteiger partial charge in [0.2, 0.25) is 0 Å². The summed E-state index contributed by atoms with van der Waals surface area (Å²) in [6.07, 6.45) is -4.83.